The molecule has 9 atom stereocenters. The Bertz CT molecular complexity index is 1190. The minimum Gasteiger partial charge on any atom is -0.466 e. The summed E-state index contributed by atoms with van der Waals surface area (Å²) in [6.45, 7) is 5.78. The molecule has 1 spiro atoms. The van der Waals surface area contributed by atoms with Crippen LogP contribution in [0.5, 0.6) is 0 Å². The minimum atomic E-state index is -1.57. The maximum atomic E-state index is 15.7. The fourth-order valence-electron chi connectivity index (χ4n) is 8.40. The van der Waals surface area contributed by atoms with Crippen LogP contribution in [0.3, 0.4) is 0 Å². The first kappa shape index (κ1) is 22.7. The number of fused-ring (bicyclic) bond motifs is 3. The summed E-state index contributed by atoms with van der Waals surface area (Å²) in [5, 5.41) is 0. The number of ketones is 1. The van der Waals surface area contributed by atoms with Crippen LogP contribution in [-0.4, -0.2) is 48.3 Å². The van der Waals surface area contributed by atoms with Crippen molar-refractivity contribution in [2.45, 2.75) is 63.5 Å². The van der Waals surface area contributed by atoms with E-state index in [0.29, 0.717) is 18.4 Å². The van der Waals surface area contributed by atoms with Crippen molar-refractivity contribution in [2.24, 2.45) is 28.6 Å². The largest absolute Gasteiger partial charge is 0.466 e. The number of methoxy groups -OCH3 is 1. The summed E-state index contributed by atoms with van der Waals surface area (Å²) in [4.78, 5) is 38.6. The lowest BCUT2D eigenvalue weighted by Gasteiger charge is -2.56. The third kappa shape index (κ3) is 2.51. The van der Waals surface area contributed by atoms with E-state index in [1.54, 1.807) is 12.1 Å². The Hall–Kier alpha value is -2.74. The summed E-state index contributed by atoms with van der Waals surface area (Å²) in [5.41, 5.74) is -3.35. The highest BCUT2D eigenvalue weighted by atomic mass is 19.1. The van der Waals surface area contributed by atoms with Gasteiger partial charge in [0.2, 0.25) is 11.4 Å². The van der Waals surface area contributed by atoms with Crippen molar-refractivity contribution < 1.29 is 37.4 Å². The van der Waals surface area contributed by atoms with Gasteiger partial charge in [-0.25, -0.2) is 14.0 Å². The molecule has 4 fully saturated rings. The lowest BCUT2D eigenvalue weighted by atomic mass is 9.46. The Kier molecular flexibility index (Phi) is 4.50. The van der Waals surface area contributed by atoms with Crippen molar-refractivity contribution >= 4 is 17.7 Å². The van der Waals surface area contributed by atoms with Gasteiger partial charge in [0.1, 0.15) is 11.8 Å². The molecule has 0 radical (unpaired) electrons. The van der Waals surface area contributed by atoms with Crippen molar-refractivity contribution in [3.63, 3.8) is 0 Å². The zero-order chi connectivity index (χ0) is 25.0. The summed E-state index contributed by atoms with van der Waals surface area (Å²) >= 11 is 0. The monoisotopic (exact) mass is 484 g/mol. The average Bonchev–Trinajstić information content (AvgIpc) is 3.19. The van der Waals surface area contributed by atoms with Gasteiger partial charge in [0.25, 0.3) is 0 Å². The molecule has 186 valence electrons. The van der Waals surface area contributed by atoms with Crippen molar-refractivity contribution in [2.75, 3.05) is 7.11 Å². The molecule has 2 heterocycles. The zero-order valence-corrected chi connectivity index (χ0v) is 20.2. The first-order valence-corrected chi connectivity index (χ1v) is 12.2. The smallest absolute Gasteiger partial charge is 0.375 e. The maximum Gasteiger partial charge on any atom is 0.375 e. The summed E-state index contributed by atoms with van der Waals surface area (Å²) in [6, 6.07) is 3.07. The van der Waals surface area contributed by atoms with E-state index in [9.17, 15) is 14.4 Å². The van der Waals surface area contributed by atoms with E-state index in [4.69, 9.17) is 18.6 Å². The van der Waals surface area contributed by atoms with E-state index < -0.39 is 40.1 Å². The SMILES string of the molecule is COC(=O)[C@@]1(OC(=O)c2ccco2)[C@H](C)CC2C3C[C@H](F)C4=CC(=O)C=C[C@]4(C)[C@@]34O[C@H]4C[C@@]21C. The number of allylic oxidation sites excluding steroid dienone is 2. The van der Waals surface area contributed by atoms with Crippen molar-refractivity contribution in [3.8, 4) is 0 Å². The van der Waals surface area contributed by atoms with Crippen LogP contribution >= 0.6 is 0 Å². The highest BCUT2D eigenvalue weighted by Gasteiger charge is 2.84. The van der Waals surface area contributed by atoms with E-state index >= 15 is 4.39 Å². The van der Waals surface area contributed by atoms with Crippen LogP contribution < -0.4 is 0 Å². The number of carbonyl (C=O) groups excluding carboxylic acids is 3. The highest BCUT2D eigenvalue weighted by Crippen LogP contribution is 2.77. The Balaban J connectivity index is 1.45. The molecule has 1 aromatic rings. The number of ether oxygens (including phenoxy) is 3. The van der Waals surface area contributed by atoms with Crippen molar-refractivity contribution in [1.82, 2.24) is 0 Å². The number of hydrogen-bond donors (Lipinski definition) is 0. The van der Waals surface area contributed by atoms with E-state index in [1.165, 1.54) is 31.6 Å². The fourth-order valence-corrected chi connectivity index (χ4v) is 8.40. The second-order valence-corrected chi connectivity index (χ2v) is 11.2. The molecule has 35 heavy (non-hydrogen) atoms. The number of furan rings is 1. The third-order valence-corrected chi connectivity index (χ3v) is 9.93. The number of halogens is 1. The molecule has 0 bridgehead atoms. The number of esters is 2. The van der Waals surface area contributed by atoms with Gasteiger partial charge in [0, 0.05) is 16.7 Å². The van der Waals surface area contributed by atoms with E-state index in [-0.39, 0.29) is 41.8 Å². The van der Waals surface area contributed by atoms with Gasteiger partial charge < -0.3 is 18.6 Å². The first-order chi connectivity index (χ1) is 16.5. The average molecular weight is 485 g/mol. The number of carbonyl (C=O) groups is 3. The molecule has 8 heteroatoms. The van der Waals surface area contributed by atoms with Gasteiger partial charge in [-0.3, -0.25) is 4.79 Å². The lowest BCUT2D eigenvalue weighted by Crippen LogP contribution is -2.64. The van der Waals surface area contributed by atoms with Gasteiger partial charge in [-0.2, -0.15) is 0 Å². The highest BCUT2D eigenvalue weighted by molar-refractivity contribution is 6.01. The van der Waals surface area contributed by atoms with Crippen molar-refractivity contribution in [1.29, 1.82) is 0 Å². The van der Waals surface area contributed by atoms with E-state index in [2.05, 4.69) is 0 Å². The van der Waals surface area contributed by atoms with Gasteiger partial charge in [0.05, 0.1) is 19.5 Å². The van der Waals surface area contributed by atoms with Crippen LogP contribution in [0.15, 0.2) is 46.6 Å². The Morgan fingerprint density at radius 3 is 2.66 bits per heavy atom. The summed E-state index contributed by atoms with van der Waals surface area (Å²) in [5.74, 6) is -2.33. The summed E-state index contributed by atoms with van der Waals surface area (Å²) in [6.07, 6.45) is 5.70. The molecule has 0 aromatic carbocycles. The second kappa shape index (κ2) is 6.93. The Morgan fingerprint density at radius 1 is 1.20 bits per heavy atom. The number of epoxide rings is 1. The molecule has 1 aromatic heterocycles. The van der Waals surface area contributed by atoms with Gasteiger partial charge in [-0.1, -0.05) is 19.9 Å². The molecule has 3 saturated carbocycles. The second-order valence-electron chi connectivity index (χ2n) is 11.2. The first-order valence-electron chi connectivity index (χ1n) is 12.2. The van der Waals surface area contributed by atoms with Gasteiger partial charge >= 0.3 is 11.9 Å². The van der Waals surface area contributed by atoms with Gasteiger partial charge in [-0.15, -0.1) is 0 Å². The topological polar surface area (TPSA) is 95.3 Å². The van der Waals surface area contributed by atoms with Crippen LogP contribution in [-0.2, 0) is 23.8 Å². The Labute approximate surface area is 202 Å². The third-order valence-electron chi connectivity index (χ3n) is 9.93. The maximum absolute atomic E-state index is 15.7. The molecule has 1 aliphatic heterocycles. The molecule has 0 amide bonds. The molecule has 2 unspecified atom stereocenters. The molecule has 6 rings (SSSR count). The molecular formula is C27H29FO7. The fraction of sp³-hybridized carbons (Fsp3) is 0.593. The summed E-state index contributed by atoms with van der Waals surface area (Å²) < 4.78 is 38.7. The van der Waals surface area contributed by atoms with E-state index in [1.807, 2.05) is 20.8 Å². The molecular weight excluding hydrogens is 455 g/mol. The van der Waals surface area contributed by atoms with Crippen LogP contribution in [0.25, 0.3) is 0 Å². The van der Waals surface area contributed by atoms with Crippen LogP contribution in [0, 0.1) is 28.6 Å². The molecule has 4 aliphatic carbocycles. The molecule has 1 saturated heterocycles. The number of alkyl halides is 1. The lowest BCUT2D eigenvalue weighted by molar-refractivity contribution is -0.188. The molecule has 5 aliphatic rings. The quantitative estimate of drug-likeness (QED) is 0.473. The predicted octanol–water partition coefficient (Wildman–Crippen LogP) is 3.98. The minimum absolute atomic E-state index is 0.00106. The van der Waals surface area contributed by atoms with E-state index in [0.717, 1.165) is 0 Å². The van der Waals surface area contributed by atoms with Crippen LogP contribution in [0.2, 0.25) is 0 Å². The van der Waals surface area contributed by atoms with Crippen LogP contribution in [0.1, 0.15) is 50.6 Å². The molecule has 7 nitrogen and oxygen atoms in total. The number of rotatable bonds is 3. The van der Waals surface area contributed by atoms with Crippen LogP contribution in [0.4, 0.5) is 4.39 Å². The number of hydrogen-bond acceptors (Lipinski definition) is 7. The molecule has 0 N–H and O–H groups in total. The predicted molar refractivity (Wildman–Crippen MR) is 120 cm³/mol. The van der Waals surface area contributed by atoms with Gasteiger partial charge in [0.15, 0.2) is 5.78 Å². The normalized spacial score (nSPS) is 47.1. The standard InChI is InChI=1S/C27H29FO7/c1-14-10-16-17-12-19(28)18-11-15(29)7-8-24(18,2)27(17)21(34-27)13-25(16,3)26(14,23(31)32-4)35-22(30)20-6-5-9-33-20/h5-9,11,14,16-17,19,21H,10,12-13H2,1-4H3/t14-,16?,17?,19+,21+,24+,25+,26+,27-/m1/s1. The van der Waals surface area contributed by atoms with Crippen molar-refractivity contribution in [3.05, 3.63) is 48.0 Å². The Morgan fingerprint density at radius 2 is 1.97 bits per heavy atom. The zero-order valence-electron chi connectivity index (χ0n) is 20.2. The van der Waals surface area contributed by atoms with Gasteiger partial charge in [-0.05, 0) is 67.9 Å². The summed E-state index contributed by atoms with van der Waals surface area (Å²) in [7, 11) is 1.29.